The van der Waals surface area contributed by atoms with Crippen molar-refractivity contribution in [2.45, 2.75) is 13.5 Å². The van der Waals surface area contributed by atoms with Crippen LogP contribution in [0, 0.1) is 9.39 Å². The van der Waals surface area contributed by atoms with Gasteiger partial charge in [-0.15, -0.1) is 0 Å². The Morgan fingerprint density at radius 1 is 1.29 bits per heavy atom. The molecule has 0 aliphatic carbocycles. The zero-order valence-electron chi connectivity index (χ0n) is 13.1. The van der Waals surface area contributed by atoms with Crippen molar-refractivity contribution in [2.75, 3.05) is 6.61 Å². The Labute approximate surface area is 153 Å². The van der Waals surface area contributed by atoms with Crippen molar-refractivity contribution in [1.29, 1.82) is 0 Å². The Morgan fingerprint density at radius 3 is 2.75 bits per heavy atom. The van der Waals surface area contributed by atoms with E-state index in [1.807, 2.05) is 13.0 Å². The van der Waals surface area contributed by atoms with Crippen molar-refractivity contribution >= 4 is 34.6 Å². The predicted molar refractivity (Wildman–Crippen MR) is 99.3 cm³/mol. The molecule has 0 bridgehead atoms. The molecule has 4 nitrogen and oxygen atoms in total. The molecule has 2 N–H and O–H groups in total. The standard InChI is InChI=1S/C18H17FINO3/c1-2-23-16-10-12(6-7-17(21)22)9-15(20)18(16)24-11-13-4-3-5-14(19)8-13/h3-10H,2,11H2,1H3,(H2,21,22)/b7-6+. The summed E-state index contributed by atoms with van der Waals surface area (Å²) < 4.78 is 25.5. The van der Waals surface area contributed by atoms with Gasteiger partial charge in [-0.2, -0.15) is 0 Å². The smallest absolute Gasteiger partial charge is 0.241 e. The van der Waals surface area contributed by atoms with Gasteiger partial charge < -0.3 is 15.2 Å². The fourth-order valence-electron chi connectivity index (χ4n) is 2.05. The first kappa shape index (κ1) is 18.3. The Hall–Kier alpha value is -2.09. The number of nitrogens with two attached hydrogens (primary N) is 1. The molecule has 0 aliphatic rings. The van der Waals surface area contributed by atoms with Crippen LogP contribution in [0.15, 0.2) is 42.5 Å². The molecular weight excluding hydrogens is 424 g/mol. The molecule has 2 aromatic carbocycles. The summed E-state index contributed by atoms with van der Waals surface area (Å²) in [5, 5.41) is 0. The summed E-state index contributed by atoms with van der Waals surface area (Å²) in [5.41, 5.74) is 6.62. The molecule has 0 saturated heterocycles. The molecule has 0 heterocycles. The highest BCUT2D eigenvalue weighted by molar-refractivity contribution is 14.1. The molecule has 0 spiro atoms. The number of benzene rings is 2. The van der Waals surface area contributed by atoms with E-state index in [1.165, 1.54) is 18.2 Å². The van der Waals surface area contributed by atoms with E-state index in [4.69, 9.17) is 15.2 Å². The number of hydrogen-bond donors (Lipinski definition) is 1. The number of hydrogen-bond acceptors (Lipinski definition) is 3. The lowest BCUT2D eigenvalue weighted by Gasteiger charge is -2.15. The first-order valence-electron chi connectivity index (χ1n) is 7.30. The quantitative estimate of drug-likeness (QED) is 0.524. The Balaban J connectivity index is 2.25. The van der Waals surface area contributed by atoms with Crippen LogP contribution < -0.4 is 15.2 Å². The minimum absolute atomic E-state index is 0.226. The van der Waals surface area contributed by atoms with E-state index in [0.717, 1.165) is 14.7 Å². The van der Waals surface area contributed by atoms with Gasteiger partial charge in [-0.1, -0.05) is 12.1 Å². The topological polar surface area (TPSA) is 61.5 Å². The molecule has 24 heavy (non-hydrogen) atoms. The summed E-state index contributed by atoms with van der Waals surface area (Å²) in [6.07, 6.45) is 2.90. The minimum atomic E-state index is -0.519. The van der Waals surface area contributed by atoms with Crippen LogP contribution in [0.5, 0.6) is 11.5 Å². The van der Waals surface area contributed by atoms with Gasteiger partial charge in [0.05, 0.1) is 10.2 Å². The summed E-state index contributed by atoms with van der Waals surface area (Å²) in [5.74, 6) is 0.319. The zero-order valence-corrected chi connectivity index (χ0v) is 15.2. The second kappa shape index (κ2) is 8.68. The molecule has 2 aromatic rings. The molecule has 0 atom stereocenters. The number of ether oxygens (including phenoxy) is 2. The minimum Gasteiger partial charge on any atom is -0.490 e. The number of rotatable bonds is 7. The Kier molecular flexibility index (Phi) is 6.60. The highest BCUT2D eigenvalue weighted by atomic mass is 127. The molecule has 0 aliphatic heterocycles. The average molecular weight is 441 g/mol. The van der Waals surface area contributed by atoms with Crippen molar-refractivity contribution in [2.24, 2.45) is 5.73 Å². The Bertz CT molecular complexity index is 762. The van der Waals surface area contributed by atoms with Crippen LogP contribution in [0.25, 0.3) is 6.08 Å². The highest BCUT2D eigenvalue weighted by Crippen LogP contribution is 2.35. The van der Waals surface area contributed by atoms with Crippen LogP contribution >= 0.6 is 22.6 Å². The van der Waals surface area contributed by atoms with Crippen LogP contribution in [0.2, 0.25) is 0 Å². The van der Waals surface area contributed by atoms with Gasteiger partial charge in [-0.05, 0) is 71.0 Å². The summed E-state index contributed by atoms with van der Waals surface area (Å²) in [7, 11) is 0. The van der Waals surface area contributed by atoms with E-state index >= 15 is 0 Å². The molecule has 126 valence electrons. The molecule has 0 unspecified atom stereocenters. The lowest BCUT2D eigenvalue weighted by molar-refractivity contribution is -0.113. The van der Waals surface area contributed by atoms with E-state index in [-0.39, 0.29) is 12.4 Å². The SMILES string of the molecule is CCOc1cc(/C=C/C(N)=O)cc(I)c1OCc1cccc(F)c1. The Morgan fingerprint density at radius 2 is 2.08 bits per heavy atom. The molecule has 0 saturated carbocycles. The average Bonchev–Trinajstić information content (AvgIpc) is 2.52. The van der Waals surface area contributed by atoms with Gasteiger partial charge in [0.1, 0.15) is 12.4 Å². The number of amides is 1. The van der Waals surface area contributed by atoms with Crippen molar-refractivity contribution in [3.05, 3.63) is 63.0 Å². The first-order valence-corrected chi connectivity index (χ1v) is 8.38. The van der Waals surface area contributed by atoms with Gasteiger partial charge >= 0.3 is 0 Å². The molecule has 0 aromatic heterocycles. The van der Waals surface area contributed by atoms with Crippen molar-refractivity contribution in [3.8, 4) is 11.5 Å². The van der Waals surface area contributed by atoms with Crippen LogP contribution in [-0.2, 0) is 11.4 Å². The van der Waals surface area contributed by atoms with E-state index in [2.05, 4.69) is 22.6 Å². The zero-order chi connectivity index (χ0) is 17.5. The lowest BCUT2D eigenvalue weighted by Crippen LogP contribution is -2.05. The molecule has 6 heteroatoms. The largest absolute Gasteiger partial charge is 0.490 e. The van der Waals surface area contributed by atoms with Gasteiger partial charge in [-0.25, -0.2) is 4.39 Å². The van der Waals surface area contributed by atoms with Crippen LogP contribution in [0.3, 0.4) is 0 Å². The molecule has 0 radical (unpaired) electrons. The van der Waals surface area contributed by atoms with Crippen LogP contribution in [0.1, 0.15) is 18.1 Å². The predicted octanol–water partition coefficient (Wildman–Crippen LogP) is 3.91. The molecule has 1 amide bonds. The fraction of sp³-hybridized carbons (Fsp3) is 0.167. The number of carbonyl (C=O) groups excluding carboxylic acids is 1. The summed E-state index contributed by atoms with van der Waals surface area (Å²) in [4.78, 5) is 10.9. The van der Waals surface area contributed by atoms with Crippen LogP contribution in [0.4, 0.5) is 4.39 Å². The van der Waals surface area contributed by atoms with Crippen LogP contribution in [-0.4, -0.2) is 12.5 Å². The van der Waals surface area contributed by atoms with Gasteiger partial charge in [0, 0.05) is 6.08 Å². The maximum atomic E-state index is 13.2. The summed E-state index contributed by atoms with van der Waals surface area (Å²) in [6.45, 7) is 2.56. The normalized spacial score (nSPS) is 10.8. The van der Waals surface area contributed by atoms with E-state index in [1.54, 1.807) is 24.3 Å². The summed E-state index contributed by atoms with van der Waals surface area (Å²) in [6, 6.07) is 9.87. The van der Waals surface area contributed by atoms with Gasteiger partial charge in [0.15, 0.2) is 11.5 Å². The number of primary amides is 1. The van der Waals surface area contributed by atoms with Crippen molar-refractivity contribution < 1.29 is 18.7 Å². The molecule has 0 fully saturated rings. The molecule has 2 rings (SSSR count). The van der Waals surface area contributed by atoms with Gasteiger partial charge in [0.25, 0.3) is 0 Å². The fourth-order valence-corrected chi connectivity index (χ4v) is 2.83. The highest BCUT2D eigenvalue weighted by Gasteiger charge is 2.12. The van der Waals surface area contributed by atoms with E-state index in [0.29, 0.717) is 18.1 Å². The maximum absolute atomic E-state index is 13.2. The third kappa shape index (κ3) is 5.23. The first-order chi connectivity index (χ1) is 11.5. The lowest BCUT2D eigenvalue weighted by atomic mass is 10.2. The maximum Gasteiger partial charge on any atom is 0.241 e. The second-order valence-electron chi connectivity index (χ2n) is 4.92. The van der Waals surface area contributed by atoms with Crippen molar-refractivity contribution in [3.63, 3.8) is 0 Å². The van der Waals surface area contributed by atoms with Crippen molar-refractivity contribution in [1.82, 2.24) is 0 Å². The summed E-state index contributed by atoms with van der Waals surface area (Å²) >= 11 is 2.13. The van der Waals surface area contributed by atoms with E-state index in [9.17, 15) is 9.18 Å². The monoisotopic (exact) mass is 441 g/mol. The third-order valence-electron chi connectivity index (χ3n) is 3.04. The third-order valence-corrected chi connectivity index (χ3v) is 3.85. The second-order valence-corrected chi connectivity index (χ2v) is 6.08. The van der Waals surface area contributed by atoms with Gasteiger partial charge in [0.2, 0.25) is 5.91 Å². The van der Waals surface area contributed by atoms with Gasteiger partial charge in [-0.3, -0.25) is 4.79 Å². The van der Waals surface area contributed by atoms with E-state index < -0.39 is 5.91 Å². The number of halogens is 2. The number of carbonyl (C=O) groups is 1. The molecular formula is C18H17FINO3.